The van der Waals surface area contributed by atoms with Gasteiger partial charge in [-0.15, -0.1) is 0 Å². The van der Waals surface area contributed by atoms with Gasteiger partial charge in [-0.2, -0.15) is 0 Å². The van der Waals surface area contributed by atoms with Crippen LogP contribution in [0.1, 0.15) is 24.1 Å². The van der Waals surface area contributed by atoms with E-state index in [-0.39, 0.29) is 24.2 Å². The minimum absolute atomic E-state index is 0.125. The van der Waals surface area contributed by atoms with Crippen LogP contribution in [-0.2, 0) is 4.79 Å². The summed E-state index contributed by atoms with van der Waals surface area (Å²) in [6.07, 6.45) is 0. The van der Waals surface area contributed by atoms with Crippen LogP contribution in [0.5, 0.6) is 0 Å². The maximum absolute atomic E-state index is 13.8. The summed E-state index contributed by atoms with van der Waals surface area (Å²) in [5.41, 5.74) is 2.24. The molecule has 0 saturated carbocycles. The van der Waals surface area contributed by atoms with Crippen LogP contribution in [0, 0.1) is 12.7 Å². The van der Waals surface area contributed by atoms with Crippen LogP contribution in [0.25, 0.3) is 10.8 Å². The molecule has 0 aliphatic rings. The lowest BCUT2D eigenvalue weighted by Crippen LogP contribution is -2.86. The molecule has 0 aliphatic carbocycles. The van der Waals surface area contributed by atoms with Gasteiger partial charge in [0.25, 0.3) is 5.91 Å². The second-order valence-electron chi connectivity index (χ2n) is 6.33. The number of fused-ring (bicyclic) bond motifs is 1. The maximum Gasteiger partial charge on any atom is 0.279 e. The molecule has 0 spiro atoms. The fraction of sp³-hybridized carbons (Fsp3) is 0.190. The second-order valence-corrected chi connectivity index (χ2v) is 6.33. The molecule has 1 atom stereocenters. The molecule has 3 aromatic rings. The van der Waals surface area contributed by atoms with Crippen molar-refractivity contribution < 1.29 is 14.5 Å². The van der Waals surface area contributed by atoms with E-state index in [2.05, 4.69) is 36.5 Å². The minimum atomic E-state index is -0.407. The summed E-state index contributed by atoms with van der Waals surface area (Å²) < 4.78 is 13.8. The number of nitrogens with one attached hydrogen (secondary N) is 1. The molecular formula is C21H22FN2O+. The van der Waals surface area contributed by atoms with Crippen molar-refractivity contribution >= 4 is 22.4 Å². The zero-order chi connectivity index (χ0) is 17.8. The third-order valence-corrected chi connectivity index (χ3v) is 4.37. The van der Waals surface area contributed by atoms with Crippen LogP contribution < -0.4 is 10.6 Å². The molecule has 0 saturated heterocycles. The van der Waals surface area contributed by atoms with Crippen LogP contribution in [0.15, 0.2) is 60.7 Å². The van der Waals surface area contributed by atoms with Gasteiger partial charge >= 0.3 is 0 Å². The monoisotopic (exact) mass is 337 g/mol. The summed E-state index contributed by atoms with van der Waals surface area (Å²) in [5, 5.41) is 6.98. The number of aryl methyl sites for hydroxylation is 1. The number of benzene rings is 3. The van der Waals surface area contributed by atoms with Gasteiger partial charge < -0.3 is 10.6 Å². The van der Waals surface area contributed by atoms with Crippen LogP contribution >= 0.6 is 0 Å². The third-order valence-electron chi connectivity index (χ3n) is 4.37. The van der Waals surface area contributed by atoms with Crippen LogP contribution in [0.3, 0.4) is 0 Å². The van der Waals surface area contributed by atoms with Gasteiger partial charge in [0.1, 0.15) is 11.9 Å². The van der Waals surface area contributed by atoms with Gasteiger partial charge in [0.15, 0.2) is 6.54 Å². The number of carbonyl (C=O) groups excluding carboxylic acids is 1. The van der Waals surface area contributed by atoms with Crippen molar-refractivity contribution in [2.75, 3.05) is 11.9 Å². The molecule has 0 radical (unpaired) electrons. The molecule has 0 fully saturated rings. The topological polar surface area (TPSA) is 45.7 Å². The van der Waals surface area contributed by atoms with E-state index in [0.717, 1.165) is 5.56 Å². The fourth-order valence-corrected chi connectivity index (χ4v) is 2.98. The summed E-state index contributed by atoms with van der Waals surface area (Å²) in [6, 6.07) is 19.3. The van der Waals surface area contributed by atoms with Crippen molar-refractivity contribution in [3.8, 4) is 0 Å². The smallest absolute Gasteiger partial charge is 0.279 e. The van der Waals surface area contributed by atoms with Gasteiger partial charge in [-0.25, -0.2) is 4.39 Å². The number of halogens is 1. The first-order valence-electron chi connectivity index (χ1n) is 8.41. The summed E-state index contributed by atoms with van der Waals surface area (Å²) in [7, 11) is 0. The Labute approximate surface area is 146 Å². The Bertz CT molecular complexity index is 902. The minimum Gasteiger partial charge on any atom is -0.332 e. The summed E-state index contributed by atoms with van der Waals surface area (Å²) in [5.74, 6) is -0.620. The predicted octanol–water partition coefficient (Wildman–Crippen LogP) is 3.55. The Balaban J connectivity index is 1.65. The lowest BCUT2D eigenvalue weighted by Gasteiger charge is -2.14. The van der Waals surface area contributed by atoms with Crippen molar-refractivity contribution in [1.82, 2.24) is 0 Å². The summed E-state index contributed by atoms with van der Waals surface area (Å²) >= 11 is 0. The largest absolute Gasteiger partial charge is 0.332 e. The summed E-state index contributed by atoms with van der Waals surface area (Å²) in [4.78, 5) is 12.1. The molecule has 3 N–H and O–H groups in total. The van der Waals surface area contributed by atoms with E-state index in [1.54, 1.807) is 12.1 Å². The number of hydrogen-bond donors (Lipinski definition) is 2. The molecule has 4 heteroatoms. The Kier molecular flexibility index (Phi) is 5.10. The van der Waals surface area contributed by atoms with Crippen LogP contribution in [-0.4, -0.2) is 12.5 Å². The van der Waals surface area contributed by atoms with Gasteiger partial charge in [0.2, 0.25) is 0 Å². The van der Waals surface area contributed by atoms with Gasteiger partial charge in [-0.05, 0) is 42.3 Å². The van der Waals surface area contributed by atoms with E-state index in [9.17, 15) is 9.18 Å². The van der Waals surface area contributed by atoms with E-state index >= 15 is 0 Å². The lowest BCUT2D eigenvalue weighted by molar-refractivity contribution is -0.682. The first kappa shape index (κ1) is 17.1. The highest BCUT2D eigenvalue weighted by molar-refractivity contribution is 5.91. The van der Waals surface area contributed by atoms with Crippen molar-refractivity contribution in [3.63, 3.8) is 0 Å². The molecule has 1 amide bonds. The fourth-order valence-electron chi connectivity index (χ4n) is 2.98. The zero-order valence-corrected chi connectivity index (χ0v) is 14.4. The number of quaternary nitrogens is 1. The van der Waals surface area contributed by atoms with E-state index < -0.39 is 5.82 Å². The Morgan fingerprint density at radius 1 is 1.12 bits per heavy atom. The number of rotatable bonds is 5. The number of amides is 1. The highest BCUT2D eigenvalue weighted by Crippen LogP contribution is 2.22. The average molecular weight is 337 g/mol. The van der Waals surface area contributed by atoms with Gasteiger partial charge in [-0.3, -0.25) is 4.79 Å². The quantitative estimate of drug-likeness (QED) is 0.735. The van der Waals surface area contributed by atoms with Crippen molar-refractivity contribution in [1.29, 1.82) is 0 Å². The van der Waals surface area contributed by atoms with E-state index in [0.29, 0.717) is 0 Å². The first-order chi connectivity index (χ1) is 12.0. The highest BCUT2D eigenvalue weighted by atomic mass is 19.1. The van der Waals surface area contributed by atoms with E-state index in [1.165, 1.54) is 22.4 Å². The standard InChI is InChI=1S/C21H21FN2O/c1-14-10-11-20(19(22)12-14)24-21(25)13-23-15(2)17-9-5-7-16-6-3-4-8-18(16)17/h3-12,15,23H,13H2,1-2H3,(H,24,25)/p+1/t15-/m1/s1. The number of anilines is 1. The molecule has 25 heavy (non-hydrogen) atoms. The number of nitrogens with two attached hydrogens (primary N) is 1. The van der Waals surface area contributed by atoms with Gasteiger partial charge in [0, 0.05) is 5.56 Å². The molecule has 3 aromatic carbocycles. The van der Waals surface area contributed by atoms with E-state index in [1.807, 2.05) is 30.4 Å². The SMILES string of the molecule is Cc1ccc(NC(=O)C[NH2+][C@H](C)c2cccc3ccccc23)c(F)c1. The van der Waals surface area contributed by atoms with Gasteiger partial charge in [0.05, 0.1) is 5.69 Å². The van der Waals surface area contributed by atoms with Crippen molar-refractivity contribution in [2.24, 2.45) is 0 Å². The van der Waals surface area contributed by atoms with Crippen molar-refractivity contribution in [2.45, 2.75) is 19.9 Å². The Hall–Kier alpha value is -2.72. The molecule has 0 heterocycles. The number of carbonyl (C=O) groups is 1. The van der Waals surface area contributed by atoms with Crippen molar-refractivity contribution in [3.05, 3.63) is 77.6 Å². The molecule has 3 rings (SSSR count). The molecule has 0 aliphatic heterocycles. The zero-order valence-electron chi connectivity index (χ0n) is 14.4. The number of hydrogen-bond acceptors (Lipinski definition) is 1. The van der Waals surface area contributed by atoms with Crippen LogP contribution in [0.4, 0.5) is 10.1 Å². The summed E-state index contributed by atoms with van der Waals surface area (Å²) in [6.45, 7) is 4.12. The first-order valence-corrected chi connectivity index (χ1v) is 8.41. The Morgan fingerprint density at radius 3 is 2.68 bits per heavy atom. The Morgan fingerprint density at radius 2 is 1.88 bits per heavy atom. The van der Waals surface area contributed by atoms with Crippen LogP contribution in [0.2, 0.25) is 0 Å². The molecule has 128 valence electrons. The average Bonchev–Trinajstić information content (AvgIpc) is 2.61. The normalized spacial score (nSPS) is 12.1. The van der Waals surface area contributed by atoms with E-state index in [4.69, 9.17) is 0 Å². The molecule has 0 bridgehead atoms. The van der Waals surface area contributed by atoms with Gasteiger partial charge in [-0.1, -0.05) is 48.5 Å². The molecule has 0 aromatic heterocycles. The third kappa shape index (κ3) is 4.03. The molecule has 3 nitrogen and oxygen atoms in total. The molecular weight excluding hydrogens is 315 g/mol. The predicted molar refractivity (Wildman–Crippen MR) is 98.9 cm³/mol. The maximum atomic E-state index is 13.8. The molecule has 0 unspecified atom stereocenters. The highest BCUT2D eigenvalue weighted by Gasteiger charge is 2.15. The lowest BCUT2D eigenvalue weighted by atomic mass is 10.00. The second kappa shape index (κ2) is 7.45.